The molecule has 0 unspecified atom stereocenters. The molecule has 2 aromatic heterocycles. The quantitative estimate of drug-likeness (QED) is 0.200. The minimum Gasteiger partial charge on any atom is -0.285 e. The number of ketones is 4. The van der Waals surface area contributed by atoms with Crippen molar-refractivity contribution in [2.24, 2.45) is 0 Å². The van der Waals surface area contributed by atoms with Gasteiger partial charge in [-0.25, -0.2) is 9.97 Å². The van der Waals surface area contributed by atoms with Crippen LogP contribution >= 0.6 is 22.7 Å². The van der Waals surface area contributed by atoms with Gasteiger partial charge in [-0.05, 0) is 48.3 Å². The Labute approximate surface area is 224 Å². The zero-order chi connectivity index (χ0) is 26.3. The van der Waals surface area contributed by atoms with Gasteiger partial charge in [0.2, 0.25) is 23.1 Å². The number of rotatable bonds is 2. The zero-order valence-electron chi connectivity index (χ0n) is 20.1. The van der Waals surface area contributed by atoms with Gasteiger partial charge >= 0.3 is 0 Å². The lowest BCUT2D eigenvalue weighted by Gasteiger charge is -2.00. The van der Waals surface area contributed by atoms with Crippen molar-refractivity contribution in [3.8, 4) is 0 Å². The lowest BCUT2D eigenvalue weighted by molar-refractivity contribution is -0.110. The molecule has 2 heterocycles. The minimum absolute atomic E-state index is 0.366. The van der Waals surface area contributed by atoms with Gasteiger partial charge < -0.3 is 0 Å². The summed E-state index contributed by atoms with van der Waals surface area (Å²) in [5.41, 5.74) is 6.39. The lowest BCUT2D eigenvalue weighted by atomic mass is 10.1. The maximum Gasteiger partial charge on any atom is 0.234 e. The van der Waals surface area contributed by atoms with Gasteiger partial charge in [0.05, 0.1) is 20.4 Å². The van der Waals surface area contributed by atoms with Gasteiger partial charge in [0.25, 0.3) is 0 Å². The number of aryl methyl sites for hydroxylation is 2. The Balaban J connectivity index is 1.35. The van der Waals surface area contributed by atoms with Crippen molar-refractivity contribution >= 4 is 89.5 Å². The average molecular weight is 533 g/mol. The van der Waals surface area contributed by atoms with Crippen molar-refractivity contribution in [2.75, 3.05) is 0 Å². The smallest absolute Gasteiger partial charge is 0.234 e. The summed E-state index contributed by atoms with van der Waals surface area (Å²) in [6.07, 6.45) is 3.40. The molecule has 7 rings (SSSR count). The van der Waals surface area contributed by atoms with Crippen molar-refractivity contribution < 1.29 is 19.2 Å². The SMILES string of the molecule is Cc1c2nc(/C=C3\C(=O)C(=O)c4ccccc43)sc2c(C)c2nc(/C=C3\C(=O)C(=O)c4ccccc43)sc12. The van der Waals surface area contributed by atoms with E-state index in [1.54, 1.807) is 48.6 Å². The lowest BCUT2D eigenvalue weighted by Crippen LogP contribution is -2.05. The molecule has 38 heavy (non-hydrogen) atoms. The van der Waals surface area contributed by atoms with Crippen LogP contribution in [-0.4, -0.2) is 33.1 Å². The monoisotopic (exact) mass is 532 g/mol. The number of aromatic nitrogens is 2. The summed E-state index contributed by atoms with van der Waals surface area (Å²) < 4.78 is 1.91. The van der Waals surface area contributed by atoms with Crippen LogP contribution in [0.5, 0.6) is 0 Å². The van der Waals surface area contributed by atoms with E-state index in [2.05, 4.69) is 0 Å². The number of carbonyl (C=O) groups is 4. The highest BCUT2D eigenvalue weighted by Crippen LogP contribution is 2.41. The molecule has 8 heteroatoms. The number of nitrogens with zero attached hydrogens (tertiary/aromatic N) is 2. The molecule has 0 bridgehead atoms. The summed E-state index contributed by atoms with van der Waals surface area (Å²) in [7, 11) is 0. The second kappa shape index (κ2) is 8.05. The summed E-state index contributed by atoms with van der Waals surface area (Å²) >= 11 is 2.90. The van der Waals surface area contributed by atoms with E-state index < -0.39 is 23.1 Å². The third-order valence-corrected chi connectivity index (χ3v) is 9.28. The normalized spacial score (nSPS) is 17.0. The molecule has 0 saturated heterocycles. The van der Waals surface area contributed by atoms with E-state index in [0.29, 0.717) is 43.4 Å². The molecule has 2 aliphatic carbocycles. The number of hydrogen-bond donors (Lipinski definition) is 0. The maximum atomic E-state index is 12.7. The minimum atomic E-state index is -0.513. The van der Waals surface area contributed by atoms with Crippen LogP contribution in [0.4, 0.5) is 0 Å². The van der Waals surface area contributed by atoms with Gasteiger partial charge in [0.1, 0.15) is 10.0 Å². The van der Waals surface area contributed by atoms with Crippen molar-refractivity contribution in [1.29, 1.82) is 0 Å². The van der Waals surface area contributed by atoms with Crippen LogP contribution in [-0.2, 0) is 9.59 Å². The fraction of sp³-hybridized carbons (Fsp3) is 0.0667. The maximum absolute atomic E-state index is 12.7. The fourth-order valence-electron chi connectivity index (χ4n) is 5.13. The largest absolute Gasteiger partial charge is 0.285 e. The molecule has 2 aliphatic rings. The van der Waals surface area contributed by atoms with Crippen LogP contribution < -0.4 is 0 Å². The first-order chi connectivity index (χ1) is 18.3. The standard InChI is InChI=1S/C30H16N2O4S2/c1-13-23-30(38-21(31-23)11-19-15-7-3-5-9-17(15)25(33)27(19)35)14(2)24-29(13)37-22(32-24)12-20-16-8-4-6-10-18(16)26(34)28(20)36/h3-12H,1-2H3/b19-11-,20-12-. The first kappa shape index (κ1) is 22.8. The zero-order valence-corrected chi connectivity index (χ0v) is 21.8. The average Bonchev–Trinajstić information content (AvgIpc) is 3.67. The van der Waals surface area contributed by atoms with Gasteiger partial charge in [-0.2, -0.15) is 0 Å². The molecule has 5 aromatic rings. The van der Waals surface area contributed by atoms with Crippen molar-refractivity contribution in [1.82, 2.24) is 9.97 Å². The number of allylic oxidation sites excluding steroid dienone is 2. The fourth-order valence-corrected chi connectivity index (χ4v) is 7.26. The molecule has 6 nitrogen and oxygen atoms in total. The van der Waals surface area contributed by atoms with E-state index in [9.17, 15) is 19.2 Å². The first-order valence-corrected chi connectivity index (χ1v) is 13.5. The van der Waals surface area contributed by atoms with E-state index in [0.717, 1.165) is 31.6 Å². The van der Waals surface area contributed by atoms with Crippen LogP contribution in [0.1, 0.15) is 53.0 Å². The highest BCUT2D eigenvalue weighted by atomic mass is 32.1. The van der Waals surface area contributed by atoms with Gasteiger partial charge in [0, 0.05) is 22.3 Å². The first-order valence-electron chi connectivity index (χ1n) is 11.8. The molecule has 3 aromatic carbocycles. The van der Waals surface area contributed by atoms with Crippen LogP contribution in [0.25, 0.3) is 43.7 Å². The second-order valence-corrected chi connectivity index (χ2v) is 11.3. The van der Waals surface area contributed by atoms with Crippen LogP contribution in [0, 0.1) is 13.8 Å². The second-order valence-electron chi connectivity index (χ2n) is 9.23. The Hall–Kier alpha value is -4.40. The molecule has 0 radical (unpaired) electrons. The highest BCUT2D eigenvalue weighted by Gasteiger charge is 2.34. The third-order valence-electron chi connectivity index (χ3n) is 7.04. The number of Topliss-reactive ketones (excluding diaryl/α,β-unsaturated/α-hetero) is 4. The van der Waals surface area contributed by atoms with Gasteiger partial charge in [0.15, 0.2) is 0 Å². The third kappa shape index (κ3) is 3.11. The van der Waals surface area contributed by atoms with Crippen LogP contribution in [0.15, 0.2) is 48.5 Å². The Morgan fingerprint density at radius 2 is 0.921 bits per heavy atom. The molecule has 0 atom stereocenters. The number of fused-ring (bicyclic) bond motifs is 4. The molecule has 0 aliphatic heterocycles. The van der Waals surface area contributed by atoms with Gasteiger partial charge in [-0.15, -0.1) is 22.7 Å². The number of benzene rings is 3. The van der Waals surface area contributed by atoms with Crippen LogP contribution in [0.2, 0.25) is 0 Å². The van der Waals surface area contributed by atoms with E-state index in [-0.39, 0.29) is 0 Å². The number of thiazole rings is 2. The molecule has 0 N–H and O–H groups in total. The predicted molar refractivity (Wildman–Crippen MR) is 150 cm³/mol. The Bertz CT molecular complexity index is 1820. The highest BCUT2D eigenvalue weighted by molar-refractivity contribution is 7.21. The van der Waals surface area contributed by atoms with E-state index >= 15 is 0 Å². The molecule has 0 fully saturated rings. The van der Waals surface area contributed by atoms with Crippen molar-refractivity contribution in [3.63, 3.8) is 0 Å². The topological polar surface area (TPSA) is 94.1 Å². The molecular formula is C30H16N2O4S2. The van der Waals surface area contributed by atoms with E-state index in [1.165, 1.54) is 22.7 Å². The van der Waals surface area contributed by atoms with Gasteiger partial charge in [-0.3, -0.25) is 19.2 Å². The summed E-state index contributed by atoms with van der Waals surface area (Å²) in [5.74, 6) is -2.00. The molecular weight excluding hydrogens is 516 g/mol. The van der Waals surface area contributed by atoms with Crippen molar-refractivity contribution in [2.45, 2.75) is 13.8 Å². The van der Waals surface area contributed by atoms with Crippen LogP contribution in [0.3, 0.4) is 0 Å². The summed E-state index contributed by atoms with van der Waals surface area (Å²) in [5, 5.41) is 1.29. The van der Waals surface area contributed by atoms with Crippen molar-refractivity contribution in [3.05, 3.63) is 91.9 Å². The number of hydrogen-bond acceptors (Lipinski definition) is 8. The Kier molecular flexibility index (Phi) is 4.82. The summed E-state index contributed by atoms with van der Waals surface area (Å²) in [4.78, 5) is 59.8. The summed E-state index contributed by atoms with van der Waals surface area (Å²) in [6.45, 7) is 3.96. The number of carbonyl (C=O) groups excluding carboxylic acids is 4. The molecule has 0 amide bonds. The van der Waals surface area contributed by atoms with Gasteiger partial charge in [-0.1, -0.05) is 48.5 Å². The Morgan fingerprint density at radius 1 is 0.553 bits per heavy atom. The Morgan fingerprint density at radius 3 is 1.32 bits per heavy atom. The molecule has 182 valence electrons. The van der Waals surface area contributed by atoms with E-state index in [4.69, 9.17) is 9.97 Å². The molecule has 0 saturated carbocycles. The predicted octanol–water partition coefficient (Wildman–Crippen LogP) is 6.13. The summed E-state index contributed by atoms with van der Waals surface area (Å²) in [6, 6.07) is 14.0. The molecule has 0 spiro atoms. The van der Waals surface area contributed by atoms with E-state index in [1.807, 2.05) is 26.0 Å².